The molecule has 5 heteroatoms. The van der Waals surface area contributed by atoms with Gasteiger partial charge < -0.3 is 11.1 Å². The Kier molecular flexibility index (Phi) is 3.45. The van der Waals surface area contributed by atoms with Gasteiger partial charge in [0.1, 0.15) is 4.88 Å². The molecule has 0 radical (unpaired) electrons. The molecule has 2 aromatic rings. The molecule has 3 N–H and O–H groups in total. The lowest BCUT2D eigenvalue weighted by Gasteiger charge is -2.04. The fraction of sp³-hybridized carbons (Fsp3) is 0. The van der Waals surface area contributed by atoms with Crippen molar-refractivity contribution in [3.63, 3.8) is 0 Å². The van der Waals surface area contributed by atoms with Gasteiger partial charge in [0, 0.05) is 9.26 Å². The van der Waals surface area contributed by atoms with E-state index >= 15 is 0 Å². The summed E-state index contributed by atoms with van der Waals surface area (Å²) in [6.07, 6.45) is 0. The van der Waals surface area contributed by atoms with Gasteiger partial charge in [0.25, 0.3) is 5.91 Å². The van der Waals surface area contributed by atoms with Gasteiger partial charge in [0.2, 0.25) is 0 Å². The Labute approximate surface area is 111 Å². The van der Waals surface area contributed by atoms with E-state index in [1.165, 1.54) is 11.3 Å². The summed E-state index contributed by atoms with van der Waals surface area (Å²) in [4.78, 5) is 12.4. The Morgan fingerprint density at radius 2 is 2.19 bits per heavy atom. The fourth-order valence-electron chi connectivity index (χ4n) is 1.26. The average Bonchev–Trinajstić information content (AvgIpc) is 2.64. The maximum absolute atomic E-state index is 11.8. The Morgan fingerprint density at radius 1 is 1.38 bits per heavy atom. The molecular formula is C11H9IN2OS. The summed E-state index contributed by atoms with van der Waals surface area (Å²) < 4.78 is 1.08. The maximum Gasteiger partial charge on any atom is 0.267 e. The topological polar surface area (TPSA) is 55.1 Å². The van der Waals surface area contributed by atoms with E-state index in [2.05, 4.69) is 27.9 Å². The molecule has 0 saturated carbocycles. The largest absolute Gasteiger partial charge is 0.397 e. The molecule has 0 fully saturated rings. The minimum atomic E-state index is -0.158. The minimum absolute atomic E-state index is 0.158. The summed E-state index contributed by atoms with van der Waals surface area (Å²) in [6.45, 7) is 0. The quantitative estimate of drug-likeness (QED) is 0.822. The molecule has 16 heavy (non-hydrogen) atoms. The van der Waals surface area contributed by atoms with Crippen molar-refractivity contribution in [3.05, 3.63) is 44.2 Å². The molecule has 1 aromatic heterocycles. The first kappa shape index (κ1) is 11.4. The van der Waals surface area contributed by atoms with E-state index in [0.29, 0.717) is 10.6 Å². The summed E-state index contributed by atoms with van der Waals surface area (Å²) in [7, 11) is 0. The maximum atomic E-state index is 11.8. The van der Waals surface area contributed by atoms with Gasteiger partial charge in [0.05, 0.1) is 5.69 Å². The highest BCUT2D eigenvalue weighted by Crippen LogP contribution is 2.21. The number of hydrogen-bond donors (Lipinski definition) is 2. The van der Waals surface area contributed by atoms with Crippen LogP contribution in [0, 0.1) is 3.57 Å². The van der Waals surface area contributed by atoms with Crippen LogP contribution in [0.25, 0.3) is 0 Å². The van der Waals surface area contributed by atoms with Crippen LogP contribution in [-0.4, -0.2) is 5.91 Å². The van der Waals surface area contributed by atoms with Crippen LogP contribution in [0.3, 0.4) is 0 Å². The van der Waals surface area contributed by atoms with Crippen LogP contribution in [-0.2, 0) is 0 Å². The number of carbonyl (C=O) groups excluding carboxylic acids is 1. The molecule has 0 atom stereocenters. The van der Waals surface area contributed by atoms with Crippen LogP contribution in [0.1, 0.15) is 9.67 Å². The van der Waals surface area contributed by atoms with Crippen LogP contribution in [0.15, 0.2) is 35.7 Å². The van der Waals surface area contributed by atoms with Crippen LogP contribution in [0.4, 0.5) is 11.4 Å². The molecule has 0 aliphatic carbocycles. The zero-order valence-corrected chi connectivity index (χ0v) is 11.2. The number of carbonyl (C=O) groups is 1. The third kappa shape index (κ3) is 2.53. The highest BCUT2D eigenvalue weighted by molar-refractivity contribution is 14.1. The number of thiophene rings is 1. The molecule has 1 heterocycles. The summed E-state index contributed by atoms with van der Waals surface area (Å²) >= 11 is 3.54. The van der Waals surface area contributed by atoms with Crippen molar-refractivity contribution in [2.75, 3.05) is 11.1 Å². The van der Waals surface area contributed by atoms with E-state index in [0.717, 1.165) is 9.26 Å². The molecule has 0 aliphatic heterocycles. The van der Waals surface area contributed by atoms with Gasteiger partial charge in [-0.2, -0.15) is 0 Å². The predicted molar refractivity (Wildman–Crippen MR) is 75.8 cm³/mol. The normalized spacial score (nSPS) is 10.1. The van der Waals surface area contributed by atoms with Gasteiger partial charge in [-0.1, -0.05) is 6.07 Å². The standard InChI is InChI=1S/C11H9IN2OS/c12-7-2-1-3-8(6-7)14-11(15)10-9(13)4-5-16-10/h1-6H,13H2,(H,14,15). The highest BCUT2D eigenvalue weighted by atomic mass is 127. The third-order valence-electron chi connectivity index (χ3n) is 1.98. The Morgan fingerprint density at radius 3 is 2.81 bits per heavy atom. The number of hydrogen-bond acceptors (Lipinski definition) is 3. The molecule has 0 bridgehead atoms. The van der Waals surface area contributed by atoms with E-state index in [1.54, 1.807) is 11.4 Å². The second-order valence-electron chi connectivity index (χ2n) is 3.17. The van der Waals surface area contributed by atoms with E-state index in [9.17, 15) is 4.79 Å². The Balaban J connectivity index is 2.17. The number of rotatable bonds is 2. The smallest absolute Gasteiger partial charge is 0.267 e. The van der Waals surface area contributed by atoms with Crippen molar-refractivity contribution < 1.29 is 4.79 Å². The first-order valence-corrected chi connectivity index (χ1v) is 6.52. The number of nitrogen functional groups attached to an aromatic ring is 1. The lowest BCUT2D eigenvalue weighted by atomic mass is 10.3. The Hall–Kier alpha value is -1.08. The number of amides is 1. The molecule has 0 spiro atoms. The molecule has 0 unspecified atom stereocenters. The molecule has 1 amide bonds. The number of nitrogens with two attached hydrogens (primary N) is 1. The van der Waals surface area contributed by atoms with Gasteiger partial charge in [-0.3, -0.25) is 4.79 Å². The van der Waals surface area contributed by atoms with Crippen molar-refractivity contribution in [1.82, 2.24) is 0 Å². The predicted octanol–water partition coefficient (Wildman–Crippen LogP) is 3.19. The van der Waals surface area contributed by atoms with E-state index in [1.807, 2.05) is 24.3 Å². The van der Waals surface area contributed by atoms with Gasteiger partial charge in [0.15, 0.2) is 0 Å². The molecule has 2 rings (SSSR count). The summed E-state index contributed by atoms with van der Waals surface area (Å²) in [5.74, 6) is -0.158. The van der Waals surface area contributed by atoms with Crippen LogP contribution >= 0.6 is 33.9 Å². The molecule has 3 nitrogen and oxygen atoms in total. The highest BCUT2D eigenvalue weighted by Gasteiger charge is 2.10. The molecule has 0 saturated heterocycles. The molecule has 82 valence electrons. The van der Waals surface area contributed by atoms with Crippen molar-refractivity contribution in [2.24, 2.45) is 0 Å². The third-order valence-corrected chi connectivity index (χ3v) is 3.58. The number of nitrogens with one attached hydrogen (secondary N) is 1. The van der Waals surface area contributed by atoms with E-state index in [4.69, 9.17) is 5.73 Å². The minimum Gasteiger partial charge on any atom is -0.397 e. The monoisotopic (exact) mass is 344 g/mol. The zero-order chi connectivity index (χ0) is 11.5. The van der Waals surface area contributed by atoms with Crippen LogP contribution in [0.2, 0.25) is 0 Å². The van der Waals surface area contributed by atoms with Gasteiger partial charge in [-0.25, -0.2) is 0 Å². The molecule has 0 aliphatic rings. The zero-order valence-electron chi connectivity index (χ0n) is 8.24. The van der Waals surface area contributed by atoms with E-state index < -0.39 is 0 Å². The van der Waals surface area contributed by atoms with Crippen molar-refractivity contribution >= 4 is 51.2 Å². The number of anilines is 2. The lowest BCUT2D eigenvalue weighted by Crippen LogP contribution is -2.11. The number of halogens is 1. The Bertz CT molecular complexity index is 524. The number of benzene rings is 1. The summed E-state index contributed by atoms with van der Waals surface area (Å²) in [5.41, 5.74) is 6.98. The van der Waals surface area contributed by atoms with Gasteiger partial charge >= 0.3 is 0 Å². The van der Waals surface area contributed by atoms with Crippen LogP contribution < -0.4 is 11.1 Å². The second-order valence-corrected chi connectivity index (χ2v) is 5.33. The van der Waals surface area contributed by atoms with Crippen molar-refractivity contribution in [1.29, 1.82) is 0 Å². The molecule has 1 aromatic carbocycles. The van der Waals surface area contributed by atoms with Crippen molar-refractivity contribution in [3.8, 4) is 0 Å². The second kappa shape index (κ2) is 4.84. The SMILES string of the molecule is Nc1ccsc1C(=O)Nc1cccc(I)c1. The van der Waals surface area contributed by atoms with Crippen molar-refractivity contribution in [2.45, 2.75) is 0 Å². The summed E-state index contributed by atoms with van der Waals surface area (Å²) in [5, 5.41) is 4.62. The van der Waals surface area contributed by atoms with E-state index in [-0.39, 0.29) is 5.91 Å². The first-order chi connectivity index (χ1) is 7.66. The molecular weight excluding hydrogens is 335 g/mol. The average molecular weight is 344 g/mol. The lowest BCUT2D eigenvalue weighted by molar-refractivity contribution is 0.103. The van der Waals surface area contributed by atoms with Crippen LogP contribution in [0.5, 0.6) is 0 Å². The summed E-state index contributed by atoms with van der Waals surface area (Å²) in [6, 6.07) is 9.35. The van der Waals surface area contributed by atoms with Gasteiger partial charge in [-0.05, 0) is 52.2 Å². The van der Waals surface area contributed by atoms with Gasteiger partial charge in [-0.15, -0.1) is 11.3 Å². The fourth-order valence-corrected chi connectivity index (χ4v) is 2.51. The first-order valence-electron chi connectivity index (χ1n) is 4.56.